The minimum atomic E-state index is -3.21. The zero-order chi connectivity index (χ0) is 13.7. The van der Waals surface area contributed by atoms with Gasteiger partial charge in [0.2, 0.25) is 0 Å². The lowest BCUT2D eigenvalue weighted by Crippen LogP contribution is -2.08. The Morgan fingerprint density at radius 3 is 2.47 bits per heavy atom. The van der Waals surface area contributed by atoms with E-state index in [0.29, 0.717) is 15.7 Å². The third-order valence-corrected chi connectivity index (χ3v) is 5.56. The van der Waals surface area contributed by atoms with Crippen LogP contribution < -0.4 is 0 Å². The van der Waals surface area contributed by atoms with Crippen LogP contribution in [0.1, 0.15) is 0 Å². The molecule has 3 nitrogen and oxygen atoms in total. The van der Waals surface area contributed by atoms with Crippen molar-refractivity contribution >= 4 is 33.2 Å². The van der Waals surface area contributed by atoms with Gasteiger partial charge in [-0.3, -0.25) is 0 Å². The van der Waals surface area contributed by atoms with E-state index in [1.54, 1.807) is 48.7 Å². The topological polar surface area (TPSA) is 47.0 Å². The molecule has 1 aromatic heterocycles. The number of rotatable bonds is 5. The Labute approximate surface area is 121 Å². The number of pyridine rings is 1. The van der Waals surface area contributed by atoms with Crippen molar-refractivity contribution in [1.29, 1.82) is 0 Å². The number of hydrogen-bond donors (Lipinski definition) is 0. The first-order valence-corrected chi connectivity index (χ1v) is 8.62. The van der Waals surface area contributed by atoms with Gasteiger partial charge in [-0.25, -0.2) is 13.4 Å². The van der Waals surface area contributed by atoms with Crippen LogP contribution in [-0.4, -0.2) is 24.9 Å². The first kappa shape index (κ1) is 14.4. The van der Waals surface area contributed by atoms with Crippen LogP contribution in [0.3, 0.4) is 0 Å². The maximum absolute atomic E-state index is 12.0. The molecule has 0 unspecified atom stereocenters. The molecule has 0 atom stereocenters. The Kier molecular flexibility index (Phi) is 4.85. The number of hydrogen-bond acceptors (Lipinski definition) is 4. The lowest BCUT2D eigenvalue weighted by Gasteiger charge is -2.04. The summed E-state index contributed by atoms with van der Waals surface area (Å²) in [4.78, 5) is 4.47. The Morgan fingerprint density at radius 2 is 1.84 bits per heavy atom. The number of thioether (sulfide) groups is 1. The van der Waals surface area contributed by atoms with Gasteiger partial charge in [0.15, 0.2) is 9.84 Å². The number of benzene rings is 1. The van der Waals surface area contributed by atoms with Crippen LogP contribution in [0.5, 0.6) is 0 Å². The second kappa shape index (κ2) is 6.41. The van der Waals surface area contributed by atoms with Gasteiger partial charge in [0, 0.05) is 11.9 Å². The molecule has 0 fully saturated rings. The second-order valence-electron chi connectivity index (χ2n) is 3.80. The predicted molar refractivity (Wildman–Crippen MR) is 78.5 cm³/mol. The van der Waals surface area contributed by atoms with E-state index in [1.807, 2.05) is 0 Å². The van der Waals surface area contributed by atoms with E-state index in [4.69, 9.17) is 11.6 Å². The third-order valence-electron chi connectivity index (χ3n) is 2.40. The average molecular weight is 314 g/mol. The van der Waals surface area contributed by atoms with Gasteiger partial charge in [-0.15, -0.1) is 11.8 Å². The van der Waals surface area contributed by atoms with Gasteiger partial charge in [-0.2, -0.15) is 0 Å². The molecule has 0 aliphatic rings. The first-order chi connectivity index (χ1) is 9.08. The molecule has 19 heavy (non-hydrogen) atoms. The van der Waals surface area contributed by atoms with Gasteiger partial charge in [0.05, 0.1) is 20.7 Å². The highest BCUT2D eigenvalue weighted by Gasteiger charge is 2.13. The van der Waals surface area contributed by atoms with Gasteiger partial charge >= 0.3 is 0 Å². The number of aromatic nitrogens is 1. The molecular formula is C13H12ClNO2S2. The van der Waals surface area contributed by atoms with E-state index in [2.05, 4.69) is 4.98 Å². The van der Waals surface area contributed by atoms with Crippen molar-refractivity contribution in [2.24, 2.45) is 0 Å². The monoisotopic (exact) mass is 313 g/mol. The fourth-order valence-corrected chi connectivity index (χ4v) is 4.08. The quantitative estimate of drug-likeness (QED) is 0.795. The summed E-state index contributed by atoms with van der Waals surface area (Å²) in [5.74, 6) is 0.553. The van der Waals surface area contributed by atoms with Crippen LogP contribution >= 0.6 is 23.4 Å². The van der Waals surface area contributed by atoms with Crippen LogP contribution in [0.25, 0.3) is 0 Å². The SMILES string of the molecule is O=S(=O)(CCSc1ccc(Cl)cn1)c1ccccc1. The molecule has 2 rings (SSSR count). The van der Waals surface area contributed by atoms with Crippen LogP contribution in [0.2, 0.25) is 5.02 Å². The molecule has 100 valence electrons. The molecule has 0 aliphatic carbocycles. The van der Waals surface area contributed by atoms with Crippen molar-refractivity contribution in [1.82, 2.24) is 4.98 Å². The summed E-state index contributed by atoms with van der Waals surface area (Å²) in [6.07, 6.45) is 1.55. The molecule has 0 saturated carbocycles. The number of nitrogens with zero attached hydrogens (tertiary/aromatic N) is 1. The molecule has 0 radical (unpaired) electrons. The van der Waals surface area contributed by atoms with E-state index < -0.39 is 9.84 Å². The van der Waals surface area contributed by atoms with Crippen LogP contribution in [0.4, 0.5) is 0 Å². The van der Waals surface area contributed by atoms with Crippen molar-refractivity contribution in [2.45, 2.75) is 9.92 Å². The van der Waals surface area contributed by atoms with Gasteiger partial charge in [0.25, 0.3) is 0 Å². The fourth-order valence-electron chi connectivity index (χ4n) is 1.45. The maximum atomic E-state index is 12.0. The standard InChI is InChI=1S/C13H12ClNO2S2/c14-11-6-7-13(15-10-11)18-8-9-19(16,17)12-4-2-1-3-5-12/h1-7,10H,8-9H2. The number of sulfone groups is 1. The average Bonchev–Trinajstić information content (AvgIpc) is 2.42. The van der Waals surface area contributed by atoms with Crippen molar-refractivity contribution in [3.63, 3.8) is 0 Å². The molecule has 1 heterocycles. The molecule has 0 saturated heterocycles. The highest BCUT2D eigenvalue weighted by molar-refractivity contribution is 8.00. The zero-order valence-corrected chi connectivity index (χ0v) is 12.4. The largest absolute Gasteiger partial charge is 0.248 e. The molecule has 0 aliphatic heterocycles. The highest BCUT2D eigenvalue weighted by Crippen LogP contribution is 2.19. The van der Waals surface area contributed by atoms with E-state index in [0.717, 1.165) is 5.03 Å². The molecule has 0 N–H and O–H groups in total. The summed E-state index contributed by atoms with van der Waals surface area (Å²) in [5, 5.41) is 1.34. The van der Waals surface area contributed by atoms with Gasteiger partial charge in [-0.1, -0.05) is 29.8 Å². The van der Waals surface area contributed by atoms with Gasteiger partial charge in [0.1, 0.15) is 0 Å². The van der Waals surface area contributed by atoms with E-state index in [-0.39, 0.29) is 5.75 Å². The Balaban J connectivity index is 1.94. The Morgan fingerprint density at radius 1 is 1.11 bits per heavy atom. The van der Waals surface area contributed by atoms with Crippen molar-refractivity contribution < 1.29 is 8.42 Å². The second-order valence-corrected chi connectivity index (χ2v) is 7.46. The fraction of sp³-hybridized carbons (Fsp3) is 0.154. The minimum absolute atomic E-state index is 0.0893. The molecule has 0 amide bonds. The van der Waals surface area contributed by atoms with Crippen molar-refractivity contribution in [3.05, 3.63) is 53.7 Å². The first-order valence-electron chi connectivity index (χ1n) is 5.60. The molecule has 0 bridgehead atoms. The summed E-state index contributed by atoms with van der Waals surface area (Å²) in [5.41, 5.74) is 0. The number of halogens is 1. The molecule has 6 heteroatoms. The molecule has 0 spiro atoms. The Hall–Kier alpha value is -1.04. The Bertz CT molecular complexity index is 627. The zero-order valence-electron chi connectivity index (χ0n) is 9.99. The van der Waals surface area contributed by atoms with Gasteiger partial charge < -0.3 is 0 Å². The summed E-state index contributed by atoms with van der Waals surface area (Å²) in [6.45, 7) is 0. The molecular weight excluding hydrogens is 302 g/mol. The third kappa shape index (κ3) is 4.23. The smallest absolute Gasteiger partial charge is 0.179 e. The summed E-state index contributed by atoms with van der Waals surface area (Å²) in [7, 11) is -3.21. The maximum Gasteiger partial charge on any atom is 0.179 e. The van der Waals surface area contributed by atoms with Gasteiger partial charge in [-0.05, 0) is 24.3 Å². The van der Waals surface area contributed by atoms with Crippen molar-refractivity contribution in [2.75, 3.05) is 11.5 Å². The lowest BCUT2D eigenvalue weighted by molar-refractivity contribution is 0.597. The van der Waals surface area contributed by atoms with E-state index in [1.165, 1.54) is 11.8 Å². The summed E-state index contributed by atoms with van der Waals surface area (Å²) in [6, 6.07) is 12.0. The normalized spacial score (nSPS) is 11.4. The predicted octanol–water partition coefficient (Wildman–Crippen LogP) is 3.30. The summed E-state index contributed by atoms with van der Waals surface area (Å²) >= 11 is 7.13. The van der Waals surface area contributed by atoms with E-state index >= 15 is 0 Å². The lowest BCUT2D eigenvalue weighted by atomic mass is 10.4. The van der Waals surface area contributed by atoms with Crippen LogP contribution in [-0.2, 0) is 9.84 Å². The minimum Gasteiger partial charge on any atom is -0.248 e. The van der Waals surface area contributed by atoms with Crippen LogP contribution in [0.15, 0.2) is 58.6 Å². The van der Waals surface area contributed by atoms with Crippen LogP contribution in [0, 0.1) is 0 Å². The van der Waals surface area contributed by atoms with E-state index in [9.17, 15) is 8.42 Å². The molecule has 1 aromatic carbocycles. The molecule has 2 aromatic rings. The van der Waals surface area contributed by atoms with Crippen molar-refractivity contribution in [3.8, 4) is 0 Å². The summed E-state index contributed by atoms with van der Waals surface area (Å²) < 4.78 is 24.0. The highest BCUT2D eigenvalue weighted by atomic mass is 35.5.